The predicted molar refractivity (Wildman–Crippen MR) is 113 cm³/mol. The molecule has 3 aromatic rings. The van der Waals surface area contributed by atoms with E-state index in [-0.39, 0.29) is 17.5 Å². The van der Waals surface area contributed by atoms with Crippen LogP contribution in [0, 0.1) is 0 Å². The van der Waals surface area contributed by atoms with Gasteiger partial charge in [0.15, 0.2) is 0 Å². The highest BCUT2D eigenvalue weighted by molar-refractivity contribution is 7.17. The summed E-state index contributed by atoms with van der Waals surface area (Å²) in [5.41, 5.74) is -2.55. The van der Waals surface area contributed by atoms with E-state index in [2.05, 4.69) is 5.32 Å². The first-order valence-corrected chi connectivity index (χ1v) is 9.63. The number of methoxy groups -OCH3 is 1. The van der Waals surface area contributed by atoms with Crippen molar-refractivity contribution in [2.75, 3.05) is 13.7 Å². The summed E-state index contributed by atoms with van der Waals surface area (Å²) >= 11 is 0. The summed E-state index contributed by atoms with van der Waals surface area (Å²) < 4.78 is 37.6. The molecule has 152 valence electrons. The Labute approximate surface area is 170 Å². The van der Waals surface area contributed by atoms with Gasteiger partial charge in [-0.05, 0) is 60.8 Å². The molecule has 0 saturated heterocycles. The SMILES string of the molecule is COCC(C)NC(=O)c1ccc2c(Oc3ccc(C(F)(F)P)cc3)cccc2c1. The maximum absolute atomic E-state index is 13.3. The van der Waals surface area contributed by atoms with Gasteiger partial charge in [0.05, 0.1) is 6.61 Å². The van der Waals surface area contributed by atoms with Crippen LogP contribution in [0.5, 0.6) is 11.5 Å². The Morgan fingerprint density at radius 3 is 2.52 bits per heavy atom. The van der Waals surface area contributed by atoms with E-state index in [0.29, 0.717) is 23.7 Å². The molecule has 3 rings (SSSR count). The topological polar surface area (TPSA) is 47.6 Å². The molecule has 29 heavy (non-hydrogen) atoms. The molecular weight excluding hydrogens is 395 g/mol. The smallest absolute Gasteiger partial charge is 0.283 e. The first-order chi connectivity index (χ1) is 13.8. The van der Waals surface area contributed by atoms with Crippen LogP contribution in [0.15, 0.2) is 60.7 Å². The Morgan fingerprint density at radius 1 is 1.14 bits per heavy atom. The number of carbonyl (C=O) groups is 1. The van der Waals surface area contributed by atoms with Gasteiger partial charge in [0.1, 0.15) is 11.5 Å². The molecule has 7 heteroatoms. The van der Waals surface area contributed by atoms with Crippen molar-refractivity contribution in [3.63, 3.8) is 0 Å². The number of halogens is 2. The molecule has 1 amide bonds. The van der Waals surface area contributed by atoms with E-state index in [1.807, 2.05) is 25.1 Å². The Kier molecular flexibility index (Phi) is 6.46. The van der Waals surface area contributed by atoms with E-state index in [4.69, 9.17) is 9.47 Å². The van der Waals surface area contributed by atoms with E-state index >= 15 is 0 Å². The van der Waals surface area contributed by atoms with Crippen molar-refractivity contribution in [2.45, 2.75) is 18.6 Å². The largest absolute Gasteiger partial charge is 0.457 e. The second-order valence-electron chi connectivity index (χ2n) is 6.77. The average Bonchev–Trinajstić information content (AvgIpc) is 2.67. The van der Waals surface area contributed by atoms with Crippen LogP contribution in [0.1, 0.15) is 22.8 Å². The van der Waals surface area contributed by atoms with Gasteiger partial charge < -0.3 is 14.8 Å². The summed E-state index contributed by atoms with van der Waals surface area (Å²) in [4.78, 5) is 12.4. The normalized spacial score (nSPS) is 12.6. The van der Waals surface area contributed by atoms with Gasteiger partial charge in [-0.3, -0.25) is 4.79 Å². The lowest BCUT2D eigenvalue weighted by molar-refractivity contribution is 0.0905. The third kappa shape index (κ3) is 5.28. The minimum Gasteiger partial charge on any atom is -0.457 e. The van der Waals surface area contributed by atoms with Crippen molar-refractivity contribution in [3.05, 3.63) is 71.8 Å². The van der Waals surface area contributed by atoms with Crippen LogP contribution < -0.4 is 10.1 Å². The lowest BCUT2D eigenvalue weighted by atomic mass is 10.1. The molecule has 0 bridgehead atoms. The first-order valence-electron chi connectivity index (χ1n) is 9.05. The number of amides is 1. The Bertz CT molecular complexity index is 1000. The van der Waals surface area contributed by atoms with Crippen molar-refractivity contribution >= 4 is 25.9 Å². The van der Waals surface area contributed by atoms with Gasteiger partial charge in [0.25, 0.3) is 11.6 Å². The Balaban J connectivity index is 1.82. The number of carbonyl (C=O) groups excluding carboxylic acids is 1. The van der Waals surface area contributed by atoms with Gasteiger partial charge in [-0.1, -0.05) is 21.4 Å². The summed E-state index contributed by atoms with van der Waals surface area (Å²) in [6, 6.07) is 16.4. The lowest BCUT2D eigenvalue weighted by Gasteiger charge is -2.14. The highest BCUT2D eigenvalue weighted by atomic mass is 31.0. The summed E-state index contributed by atoms with van der Waals surface area (Å²) in [5, 5.41) is 4.53. The van der Waals surface area contributed by atoms with E-state index < -0.39 is 5.66 Å². The zero-order chi connectivity index (χ0) is 21.0. The van der Waals surface area contributed by atoms with Crippen LogP contribution in [0.2, 0.25) is 0 Å². The minimum atomic E-state index is -2.98. The third-order valence-electron chi connectivity index (χ3n) is 4.36. The number of ether oxygens (including phenoxy) is 2. The predicted octanol–water partition coefficient (Wildman–Crippen LogP) is 5.32. The van der Waals surface area contributed by atoms with Crippen LogP contribution in [-0.4, -0.2) is 25.7 Å². The monoisotopic (exact) mass is 417 g/mol. The molecule has 0 radical (unpaired) electrons. The van der Waals surface area contributed by atoms with E-state index in [0.717, 1.165) is 10.8 Å². The van der Waals surface area contributed by atoms with Crippen LogP contribution in [-0.2, 0) is 10.4 Å². The van der Waals surface area contributed by atoms with E-state index in [1.54, 1.807) is 25.3 Å². The molecule has 0 aromatic heterocycles. The van der Waals surface area contributed by atoms with Gasteiger partial charge in [-0.15, -0.1) is 0 Å². The summed E-state index contributed by atoms with van der Waals surface area (Å²) in [7, 11) is 3.10. The van der Waals surface area contributed by atoms with Gasteiger partial charge in [0, 0.05) is 29.7 Å². The van der Waals surface area contributed by atoms with Crippen molar-refractivity contribution in [2.24, 2.45) is 0 Å². The molecule has 0 heterocycles. The van der Waals surface area contributed by atoms with Gasteiger partial charge >= 0.3 is 0 Å². The number of fused-ring (bicyclic) bond motifs is 1. The molecule has 0 saturated carbocycles. The van der Waals surface area contributed by atoms with Crippen molar-refractivity contribution < 1.29 is 23.0 Å². The molecule has 0 aliphatic carbocycles. The molecule has 2 atom stereocenters. The Morgan fingerprint density at radius 2 is 1.86 bits per heavy atom. The fourth-order valence-corrected chi connectivity index (χ4v) is 3.15. The second-order valence-corrected chi connectivity index (χ2v) is 7.50. The number of alkyl halides is 2. The third-order valence-corrected chi connectivity index (χ3v) is 4.70. The van der Waals surface area contributed by atoms with Crippen molar-refractivity contribution in [3.8, 4) is 11.5 Å². The molecule has 0 spiro atoms. The lowest BCUT2D eigenvalue weighted by Crippen LogP contribution is -2.35. The average molecular weight is 417 g/mol. The van der Waals surface area contributed by atoms with Crippen LogP contribution in [0.25, 0.3) is 10.8 Å². The molecule has 4 nitrogen and oxygen atoms in total. The van der Waals surface area contributed by atoms with Gasteiger partial charge in [-0.2, -0.15) is 8.78 Å². The zero-order valence-corrected chi connectivity index (χ0v) is 17.3. The maximum Gasteiger partial charge on any atom is 0.283 e. The highest BCUT2D eigenvalue weighted by Crippen LogP contribution is 2.36. The fourth-order valence-electron chi connectivity index (χ4n) is 2.96. The molecule has 1 N–H and O–H groups in total. The molecule has 0 aliphatic heterocycles. The van der Waals surface area contributed by atoms with Crippen molar-refractivity contribution in [1.82, 2.24) is 5.32 Å². The van der Waals surface area contributed by atoms with E-state index in [1.165, 1.54) is 33.5 Å². The van der Waals surface area contributed by atoms with Gasteiger partial charge in [0.2, 0.25) is 0 Å². The van der Waals surface area contributed by atoms with Crippen molar-refractivity contribution in [1.29, 1.82) is 0 Å². The second kappa shape index (κ2) is 8.85. The number of hydrogen-bond donors (Lipinski definition) is 1. The van der Waals surface area contributed by atoms with Crippen LogP contribution >= 0.6 is 9.24 Å². The summed E-state index contributed by atoms with van der Waals surface area (Å²) in [5.74, 6) is 0.843. The number of rotatable bonds is 7. The zero-order valence-electron chi connectivity index (χ0n) is 16.1. The van der Waals surface area contributed by atoms with Gasteiger partial charge in [-0.25, -0.2) is 0 Å². The molecule has 2 unspecified atom stereocenters. The summed E-state index contributed by atoms with van der Waals surface area (Å²) in [6.45, 7) is 2.30. The maximum atomic E-state index is 13.3. The molecule has 0 aliphatic rings. The Hall–Kier alpha value is -2.56. The number of hydrogen-bond acceptors (Lipinski definition) is 3. The highest BCUT2D eigenvalue weighted by Gasteiger charge is 2.24. The quantitative estimate of drug-likeness (QED) is 0.529. The first kappa shape index (κ1) is 21.2. The number of nitrogens with one attached hydrogen (secondary N) is 1. The molecule has 0 fully saturated rings. The fraction of sp³-hybridized carbons (Fsp3) is 0.227. The summed E-state index contributed by atoms with van der Waals surface area (Å²) in [6.07, 6.45) is 0. The van der Waals surface area contributed by atoms with Crippen LogP contribution in [0.4, 0.5) is 8.78 Å². The molecular formula is C22H22F2NO3P. The van der Waals surface area contributed by atoms with Crippen LogP contribution in [0.3, 0.4) is 0 Å². The molecule has 3 aromatic carbocycles. The van der Waals surface area contributed by atoms with E-state index in [9.17, 15) is 13.6 Å². The standard InChI is InChI=1S/C22H22F2NO3P/c1-14(13-27-2)25-21(26)16-6-11-19-15(12-16)4-3-5-20(19)28-18-9-7-17(8-10-18)22(23,24)29/h3-12,14H,13,29H2,1-2H3,(H,25,26). The number of benzene rings is 3. The minimum absolute atomic E-state index is 0.102.